The number of unbranched alkanes of at least 4 members (excludes halogenated alkanes) is 1. The standard InChI is InChI=1S/C28H29N9O6S.C5H9NO5/c1-17(2)19-9-10-23(30-16-19)44(38,39)35-27-24(43-22-8-6-5-7-21(22)41-4)28(42-14-13-40-3)32-25(31-27)18-11-12-29-20(15-18)26-33-36-37-34-26;7-5-10-3-1-2-4-11-6(8)9/h5-12,15-17H,13-14H2,1-4H3,(H,31,32,35)(H,33,34,36,37);5H,1-4H2. The Bertz CT molecular complexity index is 2090. The summed E-state index contributed by atoms with van der Waals surface area (Å²) < 4.78 is 56.8. The fraction of sp³-hybridized carbons (Fsp3) is 0.333. The maximum absolute atomic E-state index is 13.6. The average molecular weight is 783 g/mol. The van der Waals surface area contributed by atoms with Crippen molar-refractivity contribution >= 4 is 22.3 Å². The number of H-pyrrole nitrogens is 1. The number of carbonyl (C=O) groups excluding carboxylic acids is 1. The first kappa shape index (κ1) is 41.2. The molecule has 0 aliphatic carbocycles. The third kappa shape index (κ3) is 12.3. The van der Waals surface area contributed by atoms with Gasteiger partial charge in [-0.1, -0.05) is 32.0 Å². The minimum atomic E-state index is -4.26. The molecule has 0 aliphatic rings. The Labute approximate surface area is 314 Å². The van der Waals surface area contributed by atoms with Crippen molar-refractivity contribution in [1.29, 1.82) is 0 Å². The van der Waals surface area contributed by atoms with Crippen molar-refractivity contribution in [2.24, 2.45) is 0 Å². The number of hydrogen-bond donors (Lipinski definition) is 2. The summed E-state index contributed by atoms with van der Waals surface area (Å²) in [5.74, 6) is 0.794. The molecule has 0 amide bonds. The van der Waals surface area contributed by atoms with Crippen molar-refractivity contribution in [3.05, 3.63) is 76.6 Å². The van der Waals surface area contributed by atoms with E-state index in [9.17, 15) is 23.3 Å². The lowest BCUT2D eigenvalue weighted by Gasteiger charge is -2.18. The largest absolute Gasteiger partial charge is 0.493 e. The highest BCUT2D eigenvalue weighted by Crippen LogP contribution is 2.41. The van der Waals surface area contributed by atoms with E-state index in [1.807, 2.05) is 13.8 Å². The first-order valence-corrected chi connectivity index (χ1v) is 17.9. The van der Waals surface area contributed by atoms with Crippen molar-refractivity contribution in [2.45, 2.75) is 37.6 Å². The Morgan fingerprint density at radius 3 is 2.40 bits per heavy atom. The molecule has 55 heavy (non-hydrogen) atoms. The number of pyridine rings is 2. The first-order valence-electron chi connectivity index (χ1n) is 16.4. The number of tetrazole rings is 1. The summed E-state index contributed by atoms with van der Waals surface area (Å²) in [7, 11) is -1.25. The van der Waals surface area contributed by atoms with Gasteiger partial charge in [0.05, 0.1) is 26.9 Å². The molecule has 0 spiro atoms. The van der Waals surface area contributed by atoms with E-state index in [-0.39, 0.29) is 72.2 Å². The van der Waals surface area contributed by atoms with Crippen LogP contribution in [0.2, 0.25) is 0 Å². The van der Waals surface area contributed by atoms with Crippen LogP contribution in [0.3, 0.4) is 0 Å². The number of anilines is 1. The van der Waals surface area contributed by atoms with E-state index in [0.29, 0.717) is 36.3 Å². The predicted octanol–water partition coefficient (Wildman–Crippen LogP) is 4.01. The molecule has 21 nitrogen and oxygen atoms in total. The quantitative estimate of drug-likeness (QED) is 0.0488. The Balaban J connectivity index is 0.000000533. The number of nitrogens with one attached hydrogen (secondary N) is 2. The Morgan fingerprint density at radius 2 is 1.75 bits per heavy atom. The predicted molar refractivity (Wildman–Crippen MR) is 192 cm³/mol. The van der Waals surface area contributed by atoms with E-state index in [1.54, 1.807) is 42.5 Å². The molecule has 0 saturated heterocycles. The number of nitrogens with zero attached hydrogens (tertiary/aromatic N) is 8. The lowest BCUT2D eigenvalue weighted by molar-refractivity contribution is -0.757. The summed E-state index contributed by atoms with van der Waals surface area (Å²) in [5, 5.41) is 22.4. The second kappa shape index (κ2) is 20.6. The van der Waals surface area contributed by atoms with Crippen LogP contribution in [0.15, 0.2) is 66.0 Å². The van der Waals surface area contributed by atoms with Gasteiger partial charge in [-0.05, 0) is 59.9 Å². The molecule has 0 unspecified atom stereocenters. The molecule has 0 radical (unpaired) electrons. The van der Waals surface area contributed by atoms with Crippen LogP contribution in [0.25, 0.3) is 22.9 Å². The van der Waals surface area contributed by atoms with Crippen LogP contribution in [-0.2, 0) is 29.1 Å². The van der Waals surface area contributed by atoms with E-state index in [2.05, 4.69) is 54.9 Å². The van der Waals surface area contributed by atoms with Crippen molar-refractivity contribution in [3.8, 4) is 46.0 Å². The normalized spacial score (nSPS) is 10.9. The van der Waals surface area contributed by atoms with E-state index in [0.717, 1.165) is 5.56 Å². The fourth-order valence-electron chi connectivity index (χ4n) is 4.36. The second-order valence-corrected chi connectivity index (χ2v) is 12.8. The van der Waals surface area contributed by atoms with Crippen LogP contribution >= 0.6 is 0 Å². The van der Waals surface area contributed by atoms with Crippen LogP contribution in [0.4, 0.5) is 5.82 Å². The fourth-order valence-corrected chi connectivity index (χ4v) is 5.30. The average Bonchev–Trinajstić information content (AvgIpc) is 3.73. The zero-order valence-corrected chi connectivity index (χ0v) is 31.0. The third-order valence-electron chi connectivity index (χ3n) is 7.09. The number of rotatable bonds is 20. The maximum Gasteiger partial charge on any atom is 0.294 e. The van der Waals surface area contributed by atoms with Crippen LogP contribution in [-0.4, -0.2) is 101 Å². The van der Waals surface area contributed by atoms with Crippen molar-refractivity contribution in [1.82, 2.24) is 40.6 Å². The molecule has 0 aliphatic heterocycles. The molecule has 1 aromatic carbocycles. The monoisotopic (exact) mass is 782 g/mol. The number of carbonyl (C=O) groups is 1. The van der Waals surface area contributed by atoms with Gasteiger partial charge in [0.15, 0.2) is 28.2 Å². The van der Waals surface area contributed by atoms with Crippen LogP contribution in [0, 0.1) is 10.1 Å². The van der Waals surface area contributed by atoms with Crippen LogP contribution < -0.4 is 18.9 Å². The van der Waals surface area contributed by atoms with Gasteiger partial charge in [0, 0.05) is 25.1 Å². The Morgan fingerprint density at radius 1 is 0.964 bits per heavy atom. The minimum absolute atomic E-state index is 0.0508. The number of aromatic amines is 1. The number of aromatic nitrogens is 8. The smallest absolute Gasteiger partial charge is 0.294 e. The summed E-state index contributed by atoms with van der Waals surface area (Å²) in [6, 6.07) is 13.2. The Kier molecular flexibility index (Phi) is 15.5. The van der Waals surface area contributed by atoms with Crippen LogP contribution in [0.5, 0.6) is 23.1 Å². The van der Waals surface area contributed by atoms with Gasteiger partial charge in [-0.25, -0.2) is 9.97 Å². The zero-order valence-electron chi connectivity index (χ0n) is 30.1. The number of ether oxygens (including phenoxy) is 5. The highest BCUT2D eigenvalue weighted by Gasteiger charge is 2.26. The van der Waals surface area contributed by atoms with Gasteiger partial charge in [0.1, 0.15) is 12.3 Å². The first-order chi connectivity index (χ1) is 26.6. The number of para-hydroxylation sites is 2. The molecule has 0 atom stereocenters. The summed E-state index contributed by atoms with van der Waals surface area (Å²) in [6.07, 6.45) is 4.12. The molecular weight excluding hydrogens is 744 g/mol. The van der Waals surface area contributed by atoms with Crippen molar-refractivity contribution < 1.29 is 46.8 Å². The molecule has 0 fully saturated rings. The van der Waals surface area contributed by atoms with E-state index < -0.39 is 15.1 Å². The topological polar surface area (TPSA) is 268 Å². The molecule has 2 N–H and O–H groups in total. The van der Waals surface area contributed by atoms with E-state index >= 15 is 0 Å². The minimum Gasteiger partial charge on any atom is -0.493 e. The molecule has 5 rings (SSSR count). The third-order valence-corrected chi connectivity index (χ3v) is 8.34. The lowest BCUT2D eigenvalue weighted by Crippen LogP contribution is -2.17. The molecule has 5 aromatic rings. The maximum atomic E-state index is 13.6. The Hall–Kier alpha value is -6.55. The van der Waals surface area contributed by atoms with Gasteiger partial charge in [0.2, 0.25) is 11.6 Å². The molecule has 0 saturated carbocycles. The van der Waals surface area contributed by atoms with Crippen molar-refractivity contribution in [2.75, 3.05) is 45.4 Å². The lowest BCUT2D eigenvalue weighted by atomic mass is 10.1. The number of methoxy groups -OCH3 is 2. The van der Waals surface area contributed by atoms with Crippen molar-refractivity contribution in [3.63, 3.8) is 0 Å². The number of sulfonamides is 1. The zero-order chi connectivity index (χ0) is 39.6. The summed E-state index contributed by atoms with van der Waals surface area (Å²) in [5.41, 5.74) is 1.73. The van der Waals surface area contributed by atoms with Gasteiger partial charge >= 0.3 is 0 Å². The highest BCUT2D eigenvalue weighted by atomic mass is 32.2. The number of benzene rings is 1. The number of hydrogen-bond acceptors (Lipinski definition) is 18. The van der Waals surface area contributed by atoms with E-state index in [4.69, 9.17) is 18.9 Å². The molecular formula is C33H38N10O11S. The summed E-state index contributed by atoms with van der Waals surface area (Å²) >= 11 is 0. The van der Waals surface area contributed by atoms with Gasteiger partial charge in [0.25, 0.3) is 27.5 Å². The second-order valence-electron chi connectivity index (χ2n) is 11.2. The molecule has 4 aromatic heterocycles. The molecule has 0 bridgehead atoms. The highest BCUT2D eigenvalue weighted by molar-refractivity contribution is 7.92. The molecule has 22 heteroatoms. The molecule has 292 valence electrons. The van der Waals surface area contributed by atoms with Gasteiger partial charge in [-0.3, -0.25) is 14.5 Å². The molecule has 4 heterocycles. The van der Waals surface area contributed by atoms with Crippen LogP contribution in [0.1, 0.15) is 38.2 Å². The summed E-state index contributed by atoms with van der Waals surface area (Å²) in [4.78, 5) is 40.8. The SMILES string of the molecule is COCCOc1nc(-c2ccnc(-c3nn[nH]n3)c2)nc(NS(=O)(=O)c2ccc(C(C)C)cn2)c1Oc1ccccc1OC.O=COCCCCO[N+](=O)[O-]. The van der Waals surface area contributed by atoms with Gasteiger partial charge in [-0.15, -0.1) is 20.3 Å². The van der Waals surface area contributed by atoms with Gasteiger partial charge in [-0.2, -0.15) is 18.6 Å². The van der Waals surface area contributed by atoms with Gasteiger partial charge < -0.3 is 28.5 Å². The van der Waals surface area contributed by atoms with E-state index in [1.165, 1.54) is 32.7 Å². The summed E-state index contributed by atoms with van der Waals surface area (Å²) in [6.45, 7) is 4.94.